The molecular formula is C13H14BrN3S. The number of hydrazine groups is 1. The van der Waals surface area contributed by atoms with Crippen molar-refractivity contribution in [3.63, 3.8) is 0 Å². The monoisotopic (exact) mass is 323 g/mol. The fourth-order valence-corrected chi connectivity index (χ4v) is 2.77. The molecule has 1 unspecified atom stereocenters. The molecule has 18 heavy (non-hydrogen) atoms. The van der Waals surface area contributed by atoms with Crippen molar-refractivity contribution < 1.29 is 0 Å². The van der Waals surface area contributed by atoms with Gasteiger partial charge >= 0.3 is 0 Å². The molecule has 3 N–H and O–H groups in total. The first-order valence-electron chi connectivity index (χ1n) is 5.54. The summed E-state index contributed by atoms with van der Waals surface area (Å²) in [5, 5.41) is 0. The Kier molecular flexibility index (Phi) is 5.19. The Morgan fingerprint density at radius 1 is 1.28 bits per heavy atom. The lowest BCUT2D eigenvalue weighted by molar-refractivity contribution is 0.608. The third-order valence-electron chi connectivity index (χ3n) is 2.52. The van der Waals surface area contributed by atoms with Gasteiger partial charge in [0, 0.05) is 27.5 Å². The Hall–Kier alpha value is -0.880. The van der Waals surface area contributed by atoms with E-state index in [0.29, 0.717) is 0 Å². The van der Waals surface area contributed by atoms with Crippen molar-refractivity contribution in [2.45, 2.75) is 10.9 Å². The van der Waals surface area contributed by atoms with Crippen molar-refractivity contribution in [3.05, 3.63) is 58.8 Å². The maximum absolute atomic E-state index is 5.59. The smallest absolute Gasteiger partial charge is 0.0569 e. The molecule has 0 spiro atoms. The number of pyridine rings is 1. The summed E-state index contributed by atoms with van der Waals surface area (Å²) in [5.41, 5.74) is 3.93. The number of halogens is 1. The molecule has 0 saturated heterocycles. The lowest BCUT2D eigenvalue weighted by atomic mass is 10.1. The van der Waals surface area contributed by atoms with Gasteiger partial charge in [-0.05, 0) is 35.9 Å². The van der Waals surface area contributed by atoms with Gasteiger partial charge in [0.15, 0.2) is 0 Å². The maximum Gasteiger partial charge on any atom is 0.0569 e. The third kappa shape index (κ3) is 3.81. The number of nitrogens with two attached hydrogens (primary N) is 1. The highest BCUT2D eigenvalue weighted by atomic mass is 79.9. The lowest BCUT2D eigenvalue weighted by Crippen LogP contribution is -2.29. The van der Waals surface area contributed by atoms with Gasteiger partial charge in [0.05, 0.1) is 6.04 Å². The Balaban J connectivity index is 1.97. The first-order valence-corrected chi connectivity index (χ1v) is 7.32. The number of nitrogens with zero attached hydrogens (tertiary/aromatic N) is 1. The van der Waals surface area contributed by atoms with Crippen LogP contribution in [0.15, 0.2) is 58.2 Å². The summed E-state index contributed by atoms with van der Waals surface area (Å²) in [6.07, 6.45) is 3.60. The predicted molar refractivity (Wildman–Crippen MR) is 79.2 cm³/mol. The zero-order valence-corrected chi connectivity index (χ0v) is 12.1. The van der Waals surface area contributed by atoms with Crippen LogP contribution in [0.5, 0.6) is 0 Å². The highest BCUT2D eigenvalue weighted by Crippen LogP contribution is 2.25. The van der Waals surface area contributed by atoms with Crippen LogP contribution in [-0.4, -0.2) is 10.7 Å². The Labute approximate surface area is 119 Å². The number of hydrogen-bond donors (Lipinski definition) is 2. The van der Waals surface area contributed by atoms with E-state index in [1.54, 1.807) is 18.0 Å². The van der Waals surface area contributed by atoms with E-state index >= 15 is 0 Å². The minimum atomic E-state index is 0.104. The summed E-state index contributed by atoms with van der Waals surface area (Å²) in [7, 11) is 0. The van der Waals surface area contributed by atoms with E-state index in [0.717, 1.165) is 15.8 Å². The van der Waals surface area contributed by atoms with Crippen molar-refractivity contribution in [2.75, 3.05) is 5.75 Å². The van der Waals surface area contributed by atoms with E-state index < -0.39 is 0 Å². The van der Waals surface area contributed by atoms with E-state index in [1.165, 1.54) is 4.90 Å². The number of nitrogens with one attached hydrogen (secondary N) is 1. The van der Waals surface area contributed by atoms with Crippen LogP contribution in [0.25, 0.3) is 0 Å². The molecule has 94 valence electrons. The van der Waals surface area contributed by atoms with Crippen molar-refractivity contribution in [1.82, 2.24) is 10.4 Å². The number of hydrogen-bond acceptors (Lipinski definition) is 4. The van der Waals surface area contributed by atoms with E-state index in [1.807, 2.05) is 30.5 Å². The second kappa shape index (κ2) is 6.89. The summed E-state index contributed by atoms with van der Waals surface area (Å²) < 4.78 is 1.09. The fraction of sp³-hybridized carbons (Fsp3) is 0.154. The summed E-state index contributed by atoms with van der Waals surface area (Å²) in [4.78, 5) is 5.33. The second-order valence-corrected chi connectivity index (χ2v) is 5.78. The molecule has 1 atom stereocenters. The second-order valence-electron chi connectivity index (χ2n) is 3.77. The molecule has 5 heteroatoms. The minimum absolute atomic E-state index is 0.104. The summed E-state index contributed by atoms with van der Waals surface area (Å²) in [6, 6.07) is 12.3. The van der Waals surface area contributed by atoms with Crippen molar-refractivity contribution >= 4 is 27.7 Å². The number of benzene rings is 1. The average molecular weight is 324 g/mol. The molecule has 1 aromatic heterocycles. The average Bonchev–Trinajstić information content (AvgIpc) is 2.43. The van der Waals surface area contributed by atoms with Crippen LogP contribution < -0.4 is 11.3 Å². The van der Waals surface area contributed by atoms with Gasteiger partial charge in [-0.3, -0.25) is 16.3 Å². The topological polar surface area (TPSA) is 50.9 Å². The van der Waals surface area contributed by atoms with Crippen molar-refractivity contribution in [3.8, 4) is 0 Å². The van der Waals surface area contributed by atoms with Crippen molar-refractivity contribution in [2.24, 2.45) is 5.84 Å². The normalized spacial score (nSPS) is 12.3. The molecule has 1 heterocycles. The molecule has 0 aliphatic heterocycles. The molecule has 0 aliphatic carbocycles. The molecule has 2 rings (SSSR count). The molecule has 1 aromatic carbocycles. The van der Waals surface area contributed by atoms with Gasteiger partial charge in [-0.2, -0.15) is 0 Å². The highest BCUT2D eigenvalue weighted by molar-refractivity contribution is 9.10. The molecular weight excluding hydrogens is 310 g/mol. The van der Waals surface area contributed by atoms with Gasteiger partial charge in [0.1, 0.15) is 0 Å². The molecule has 0 aliphatic rings. The predicted octanol–water partition coefficient (Wildman–Crippen LogP) is 3.14. The SMILES string of the molecule is NNC(CSc1ccc(Br)cc1)c1cccnc1. The minimum Gasteiger partial charge on any atom is -0.271 e. The van der Waals surface area contributed by atoms with Gasteiger partial charge in [0.25, 0.3) is 0 Å². The van der Waals surface area contributed by atoms with Gasteiger partial charge < -0.3 is 0 Å². The Morgan fingerprint density at radius 2 is 2.06 bits per heavy atom. The van der Waals surface area contributed by atoms with Crippen molar-refractivity contribution in [1.29, 1.82) is 0 Å². The quantitative estimate of drug-likeness (QED) is 0.504. The van der Waals surface area contributed by atoms with Gasteiger partial charge in [-0.15, -0.1) is 11.8 Å². The molecule has 0 saturated carbocycles. The highest BCUT2D eigenvalue weighted by Gasteiger charge is 2.09. The van der Waals surface area contributed by atoms with E-state index in [4.69, 9.17) is 5.84 Å². The van der Waals surface area contributed by atoms with Gasteiger partial charge in [-0.25, -0.2) is 0 Å². The Morgan fingerprint density at radius 3 is 2.67 bits per heavy atom. The molecule has 3 nitrogen and oxygen atoms in total. The zero-order chi connectivity index (χ0) is 12.8. The number of aromatic nitrogens is 1. The van der Waals surface area contributed by atoms with Crippen LogP contribution in [0, 0.1) is 0 Å². The maximum atomic E-state index is 5.59. The van der Waals surface area contributed by atoms with E-state index in [9.17, 15) is 0 Å². The number of thioether (sulfide) groups is 1. The van der Waals surface area contributed by atoms with Crippen LogP contribution in [0.1, 0.15) is 11.6 Å². The standard InChI is InChI=1S/C13H14BrN3S/c14-11-3-5-12(6-4-11)18-9-13(17-15)10-2-1-7-16-8-10/h1-8,13,17H,9,15H2. The largest absolute Gasteiger partial charge is 0.271 e. The van der Waals surface area contributed by atoms with Crippen LogP contribution in [0.2, 0.25) is 0 Å². The first kappa shape index (κ1) is 13.5. The van der Waals surface area contributed by atoms with Crippen LogP contribution in [0.4, 0.5) is 0 Å². The molecule has 0 amide bonds. The first-order chi connectivity index (χ1) is 8.79. The fourth-order valence-electron chi connectivity index (χ4n) is 1.53. The summed E-state index contributed by atoms with van der Waals surface area (Å²) in [5.74, 6) is 6.46. The van der Waals surface area contributed by atoms with Crippen LogP contribution in [-0.2, 0) is 0 Å². The van der Waals surface area contributed by atoms with Gasteiger partial charge in [0.2, 0.25) is 0 Å². The summed E-state index contributed by atoms with van der Waals surface area (Å²) in [6.45, 7) is 0. The molecule has 2 aromatic rings. The third-order valence-corrected chi connectivity index (χ3v) is 4.15. The van der Waals surface area contributed by atoms with Crippen LogP contribution in [0.3, 0.4) is 0 Å². The zero-order valence-electron chi connectivity index (χ0n) is 9.71. The van der Waals surface area contributed by atoms with Gasteiger partial charge in [-0.1, -0.05) is 22.0 Å². The lowest BCUT2D eigenvalue weighted by Gasteiger charge is -2.15. The van der Waals surface area contributed by atoms with E-state index in [-0.39, 0.29) is 6.04 Å². The van der Waals surface area contributed by atoms with E-state index in [2.05, 4.69) is 38.5 Å². The Bertz CT molecular complexity index is 475. The molecule has 0 fully saturated rings. The number of rotatable bonds is 5. The van der Waals surface area contributed by atoms with Crippen LogP contribution >= 0.6 is 27.7 Å². The molecule has 0 bridgehead atoms. The summed E-state index contributed by atoms with van der Waals surface area (Å²) >= 11 is 5.19. The molecule has 0 radical (unpaired) electrons.